The Balaban J connectivity index is 2.29. The molecule has 5 nitrogen and oxygen atoms in total. The van der Waals surface area contributed by atoms with Crippen molar-refractivity contribution in [1.82, 2.24) is 0 Å². The Morgan fingerprint density at radius 2 is 1.80 bits per heavy atom. The van der Waals surface area contributed by atoms with Crippen LogP contribution in [0.4, 0.5) is 22.7 Å². The van der Waals surface area contributed by atoms with Gasteiger partial charge in [0, 0.05) is 31.2 Å². The van der Waals surface area contributed by atoms with Crippen molar-refractivity contribution in [3.05, 3.63) is 48.0 Å². The molecule has 4 N–H and O–H groups in total. The molecule has 0 atom stereocenters. The smallest absolute Gasteiger partial charge is 0.337 e. The first-order valence-corrected chi connectivity index (χ1v) is 6.14. The van der Waals surface area contributed by atoms with E-state index in [9.17, 15) is 4.79 Å². The lowest BCUT2D eigenvalue weighted by Crippen LogP contribution is -2.08. The van der Waals surface area contributed by atoms with Gasteiger partial charge in [-0.3, -0.25) is 0 Å². The average Bonchev–Trinajstić information content (AvgIpc) is 2.39. The molecule has 5 heteroatoms. The Morgan fingerprint density at radius 3 is 2.35 bits per heavy atom. The van der Waals surface area contributed by atoms with E-state index in [0.717, 1.165) is 11.4 Å². The van der Waals surface area contributed by atoms with Crippen molar-refractivity contribution in [1.29, 1.82) is 0 Å². The molecule has 0 saturated heterocycles. The van der Waals surface area contributed by atoms with E-state index < -0.39 is 5.97 Å². The summed E-state index contributed by atoms with van der Waals surface area (Å²) in [5, 5.41) is 12.2. The van der Waals surface area contributed by atoms with Crippen molar-refractivity contribution in [2.24, 2.45) is 0 Å². The zero-order chi connectivity index (χ0) is 14.7. The van der Waals surface area contributed by atoms with Gasteiger partial charge in [-0.1, -0.05) is 0 Å². The van der Waals surface area contributed by atoms with Gasteiger partial charge >= 0.3 is 5.97 Å². The summed E-state index contributed by atoms with van der Waals surface area (Å²) in [6.07, 6.45) is 0. The Morgan fingerprint density at radius 1 is 1.15 bits per heavy atom. The largest absolute Gasteiger partial charge is 0.478 e. The van der Waals surface area contributed by atoms with Crippen LogP contribution in [0, 0.1) is 0 Å². The van der Waals surface area contributed by atoms with Crippen molar-refractivity contribution in [3.63, 3.8) is 0 Å². The van der Waals surface area contributed by atoms with Gasteiger partial charge in [0.1, 0.15) is 0 Å². The zero-order valence-electron chi connectivity index (χ0n) is 11.4. The van der Waals surface area contributed by atoms with Crippen molar-refractivity contribution >= 4 is 28.7 Å². The van der Waals surface area contributed by atoms with Gasteiger partial charge in [0.25, 0.3) is 0 Å². The second-order valence-corrected chi connectivity index (χ2v) is 4.68. The van der Waals surface area contributed by atoms with E-state index in [0.29, 0.717) is 11.4 Å². The van der Waals surface area contributed by atoms with Gasteiger partial charge in [0.2, 0.25) is 0 Å². The number of hydrogen-bond acceptors (Lipinski definition) is 4. The molecule has 0 saturated carbocycles. The highest BCUT2D eigenvalue weighted by atomic mass is 16.4. The minimum atomic E-state index is -0.989. The van der Waals surface area contributed by atoms with E-state index in [1.165, 1.54) is 6.07 Å². The molecule has 2 aromatic rings. The predicted molar refractivity (Wildman–Crippen MR) is 81.9 cm³/mol. The molecule has 20 heavy (non-hydrogen) atoms. The highest BCUT2D eigenvalue weighted by Gasteiger charge is 2.10. The summed E-state index contributed by atoms with van der Waals surface area (Å²) in [7, 11) is 3.92. The third-order valence-corrected chi connectivity index (χ3v) is 2.94. The SMILES string of the molecule is CN(C)c1ccc(Nc2cc(N)ccc2C(=O)O)cc1. The molecule has 0 radical (unpaired) electrons. The Hall–Kier alpha value is -2.69. The fraction of sp³-hybridized carbons (Fsp3) is 0.133. The molecule has 0 fully saturated rings. The second kappa shape index (κ2) is 5.52. The first-order valence-electron chi connectivity index (χ1n) is 6.14. The fourth-order valence-corrected chi connectivity index (χ4v) is 1.85. The quantitative estimate of drug-likeness (QED) is 0.745. The van der Waals surface area contributed by atoms with E-state index in [2.05, 4.69) is 5.32 Å². The van der Waals surface area contributed by atoms with E-state index in [-0.39, 0.29) is 5.56 Å². The van der Waals surface area contributed by atoms with E-state index in [4.69, 9.17) is 10.8 Å². The second-order valence-electron chi connectivity index (χ2n) is 4.68. The van der Waals surface area contributed by atoms with E-state index in [1.54, 1.807) is 12.1 Å². The monoisotopic (exact) mass is 271 g/mol. The van der Waals surface area contributed by atoms with Gasteiger partial charge in [0.05, 0.1) is 11.3 Å². The highest BCUT2D eigenvalue weighted by molar-refractivity contribution is 5.96. The number of hydrogen-bond donors (Lipinski definition) is 3. The number of rotatable bonds is 4. The number of nitrogens with zero attached hydrogens (tertiary/aromatic N) is 1. The summed E-state index contributed by atoms with van der Waals surface area (Å²) >= 11 is 0. The van der Waals surface area contributed by atoms with Crippen LogP contribution in [0.3, 0.4) is 0 Å². The summed E-state index contributed by atoms with van der Waals surface area (Å²) in [6, 6.07) is 12.4. The summed E-state index contributed by atoms with van der Waals surface area (Å²) in [4.78, 5) is 13.2. The first-order chi connectivity index (χ1) is 9.47. The number of nitrogen functional groups attached to an aromatic ring is 1. The van der Waals surface area contributed by atoms with Gasteiger partial charge in [-0.15, -0.1) is 0 Å². The number of carboxylic acid groups (broad SMARTS) is 1. The normalized spacial score (nSPS) is 10.1. The van der Waals surface area contributed by atoms with Crippen molar-refractivity contribution in [3.8, 4) is 0 Å². The van der Waals surface area contributed by atoms with Crippen LogP contribution in [0.1, 0.15) is 10.4 Å². The van der Waals surface area contributed by atoms with E-state index >= 15 is 0 Å². The predicted octanol–water partition coefficient (Wildman–Crippen LogP) is 2.78. The molecular formula is C15H17N3O2. The van der Waals surface area contributed by atoms with Gasteiger partial charge in [0.15, 0.2) is 0 Å². The Bertz CT molecular complexity index is 622. The number of anilines is 4. The topological polar surface area (TPSA) is 78.6 Å². The number of benzene rings is 2. The minimum absolute atomic E-state index is 0.191. The van der Waals surface area contributed by atoms with Crippen LogP contribution in [-0.4, -0.2) is 25.2 Å². The summed E-state index contributed by atoms with van der Waals surface area (Å²) < 4.78 is 0. The molecular weight excluding hydrogens is 254 g/mol. The molecule has 0 aliphatic rings. The van der Waals surface area contributed by atoms with Gasteiger partial charge in [-0.05, 0) is 42.5 Å². The number of aromatic carboxylic acids is 1. The standard InChI is InChI=1S/C15H17N3O2/c1-18(2)12-6-4-11(5-7-12)17-14-9-10(16)3-8-13(14)15(19)20/h3-9,17H,16H2,1-2H3,(H,19,20). The summed E-state index contributed by atoms with van der Waals surface area (Å²) in [5.41, 5.74) is 8.77. The van der Waals surface area contributed by atoms with Crippen molar-refractivity contribution in [2.75, 3.05) is 30.0 Å². The molecule has 0 amide bonds. The van der Waals surface area contributed by atoms with E-state index in [1.807, 2.05) is 43.3 Å². The maximum atomic E-state index is 11.2. The molecule has 2 rings (SSSR count). The van der Waals surface area contributed by atoms with Crippen molar-refractivity contribution < 1.29 is 9.90 Å². The van der Waals surface area contributed by atoms with Crippen LogP contribution in [0.2, 0.25) is 0 Å². The molecule has 0 spiro atoms. The molecule has 0 aromatic heterocycles. The van der Waals surface area contributed by atoms with Gasteiger partial charge < -0.3 is 21.1 Å². The van der Waals surface area contributed by atoms with Crippen LogP contribution in [0.15, 0.2) is 42.5 Å². The molecule has 0 aliphatic heterocycles. The van der Waals surface area contributed by atoms with Crippen LogP contribution in [-0.2, 0) is 0 Å². The van der Waals surface area contributed by atoms with Gasteiger partial charge in [-0.25, -0.2) is 4.79 Å². The van der Waals surface area contributed by atoms with Crippen molar-refractivity contribution in [2.45, 2.75) is 0 Å². The zero-order valence-corrected chi connectivity index (χ0v) is 11.4. The van der Waals surface area contributed by atoms with Crippen LogP contribution < -0.4 is 16.0 Å². The first kappa shape index (κ1) is 13.7. The number of carbonyl (C=O) groups is 1. The number of nitrogens with two attached hydrogens (primary N) is 1. The maximum Gasteiger partial charge on any atom is 0.337 e. The molecule has 2 aromatic carbocycles. The molecule has 0 unspecified atom stereocenters. The highest BCUT2D eigenvalue weighted by Crippen LogP contribution is 2.25. The molecule has 0 heterocycles. The van der Waals surface area contributed by atoms with Crippen LogP contribution >= 0.6 is 0 Å². The third kappa shape index (κ3) is 3.00. The lowest BCUT2D eigenvalue weighted by atomic mass is 10.1. The number of carboxylic acids is 1. The summed E-state index contributed by atoms with van der Waals surface area (Å²) in [6.45, 7) is 0. The fourth-order valence-electron chi connectivity index (χ4n) is 1.85. The minimum Gasteiger partial charge on any atom is -0.478 e. The lowest BCUT2D eigenvalue weighted by molar-refractivity contribution is 0.0698. The third-order valence-electron chi connectivity index (χ3n) is 2.94. The molecule has 0 aliphatic carbocycles. The lowest BCUT2D eigenvalue weighted by Gasteiger charge is -2.14. The Labute approximate surface area is 117 Å². The average molecular weight is 271 g/mol. The van der Waals surface area contributed by atoms with Crippen LogP contribution in [0.5, 0.6) is 0 Å². The summed E-state index contributed by atoms with van der Waals surface area (Å²) in [5.74, 6) is -0.989. The number of nitrogens with one attached hydrogen (secondary N) is 1. The van der Waals surface area contributed by atoms with Crippen LogP contribution in [0.25, 0.3) is 0 Å². The maximum absolute atomic E-state index is 11.2. The molecule has 104 valence electrons. The molecule has 0 bridgehead atoms. The Kier molecular flexibility index (Phi) is 3.79. The van der Waals surface area contributed by atoms with Gasteiger partial charge in [-0.2, -0.15) is 0 Å².